The van der Waals surface area contributed by atoms with Gasteiger partial charge in [0.05, 0.1) is 5.56 Å². The van der Waals surface area contributed by atoms with Crippen molar-refractivity contribution in [3.63, 3.8) is 0 Å². The molecule has 0 radical (unpaired) electrons. The van der Waals surface area contributed by atoms with E-state index in [1.165, 1.54) is 6.07 Å². The first-order valence-corrected chi connectivity index (χ1v) is 5.73. The highest BCUT2D eigenvalue weighted by Crippen LogP contribution is 2.09. The Labute approximate surface area is 101 Å². The van der Waals surface area contributed by atoms with Gasteiger partial charge in [-0.2, -0.15) is 0 Å². The van der Waals surface area contributed by atoms with Crippen LogP contribution in [0, 0.1) is 18.7 Å². The molecule has 0 saturated heterocycles. The van der Waals surface area contributed by atoms with Gasteiger partial charge >= 0.3 is 0 Å². The maximum atomic E-state index is 13.4. The van der Waals surface area contributed by atoms with Crippen LogP contribution >= 0.6 is 0 Å². The van der Waals surface area contributed by atoms with Crippen molar-refractivity contribution in [3.05, 3.63) is 35.1 Å². The van der Waals surface area contributed by atoms with Gasteiger partial charge < -0.3 is 10.6 Å². The molecular formula is C13H19FN2O. The van der Waals surface area contributed by atoms with E-state index in [0.717, 1.165) is 12.1 Å². The van der Waals surface area contributed by atoms with Crippen LogP contribution < -0.4 is 10.6 Å². The summed E-state index contributed by atoms with van der Waals surface area (Å²) in [5, 5.41) is 5.76. The van der Waals surface area contributed by atoms with Crippen LogP contribution in [0.4, 0.5) is 4.39 Å². The molecule has 1 rings (SSSR count). The van der Waals surface area contributed by atoms with E-state index in [1.807, 2.05) is 20.9 Å². The van der Waals surface area contributed by atoms with E-state index in [1.54, 1.807) is 12.1 Å². The minimum Gasteiger partial charge on any atom is -0.352 e. The summed E-state index contributed by atoms with van der Waals surface area (Å²) in [6.07, 6.45) is 0. The number of halogens is 1. The predicted molar refractivity (Wildman–Crippen MR) is 66.6 cm³/mol. The number of hydrogen-bond acceptors (Lipinski definition) is 2. The number of amides is 1. The highest BCUT2D eigenvalue weighted by atomic mass is 19.1. The van der Waals surface area contributed by atoms with E-state index in [9.17, 15) is 9.18 Å². The van der Waals surface area contributed by atoms with Gasteiger partial charge in [0.2, 0.25) is 0 Å². The lowest BCUT2D eigenvalue weighted by Gasteiger charge is -2.12. The van der Waals surface area contributed by atoms with Crippen molar-refractivity contribution in [2.45, 2.75) is 13.8 Å². The Kier molecular flexibility index (Phi) is 5.10. The van der Waals surface area contributed by atoms with Crippen molar-refractivity contribution < 1.29 is 9.18 Å². The van der Waals surface area contributed by atoms with E-state index in [2.05, 4.69) is 10.6 Å². The number of aryl methyl sites for hydroxylation is 1. The topological polar surface area (TPSA) is 41.1 Å². The SMILES string of the molecule is CNCC(C)CNC(=O)c1cc(C)ccc1F. The van der Waals surface area contributed by atoms with E-state index in [-0.39, 0.29) is 11.5 Å². The van der Waals surface area contributed by atoms with Crippen LogP contribution in [0.25, 0.3) is 0 Å². The molecule has 0 aromatic heterocycles. The molecule has 1 amide bonds. The summed E-state index contributed by atoms with van der Waals surface area (Å²) in [7, 11) is 1.86. The lowest BCUT2D eigenvalue weighted by Crippen LogP contribution is -2.32. The van der Waals surface area contributed by atoms with Crippen molar-refractivity contribution in [2.75, 3.05) is 20.1 Å². The smallest absolute Gasteiger partial charge is 0.254 e. The Balaban J connectivity index is 2.61. The first-order valence-electron chi connectivity index (χ1n) is 5.73. The molecule has 0 aliphatic heterocycles. The van der Waals surface area contributed by atoms with Crippen LogP contribution in [0.1, 0.15) is 22.8 Å². The molecule has 0 aliphatic carbocycles. The molecule has 1 unspecified atom stereocenters. The molecule has 2 N–H and O–H groups in total. The zero-order valence-electron chi connectivity index (χ0n) is 10.5. The minimum absolute atomic E-state index is 0.113. The maximum Gasteiger partial charge on any atom is 0.254 e. The number of rotatable bonds is 5. The van der Waals surface area contributed by atoms with E-state index in [4.69, 9.17) is 0 Å². The van der Waals surface area contributed by atoms with Gasteiger partial charge in [0.25, 0.3) is 5.91 Å². The minimum atomic E-state index is -0.477. The lowest BCUT2D eigenvalue weighted by atomic mass is 10.1. The number of carbonyl (C=O) groups is 1. The van der Waals surface area contributed by atoms with Crippen molar-refractivity contribution in [3.8, 4) is 0 Å². The zero-order valence-corrected chi connectivity index (χ0v) is 10.5. The zero-order chi connectivity index (χ0) is 12.8. The largest absolute Gasteiger partial charge is 0.352 e. The molecular weight excluding hydrogens is 219 g/mol. The van der Waals surface area contributed by atoms with Crippen LogP contribution in [0.5, 0.6) is 0 Å². The molecule has 4 heteroatoms. The van der Waals surface area contributed by atoms with Gasteiger partial charge in [0.1, 0.15) is 5.82 Å². The second-order valence-corrected chi connectivity index (χ2v) is 4.36. The van der Waals surface area contributed by atoms with Gasteiger partial charge in [0.15, 0.2) is 0 Å². The highest BCUT2D eigenvalue weighted by molar-refractivity contribution is 5.94. The molecule has 0 saturated carbocycles. The third kappa shape index (κ3) is 4.15. The summed E-state index contributed by atoms with van der Waals surface area (Å²) in [6, 6.07) is 4.53. The highest BCUT2D eigenvalue weighted by Gasteiger charge is 2.12. The van der Waals surface area contributed by atoms with Gasteiger partial charge in [-0.15, -0.1) is 0 Å². The van der Waals surface area contributed by atoms with E-state index < -0.39 is 5.82 Å². The second kappa shape index (κ2) is 6.35. The number of hydrogen-bond donors (Lipinski definition) is 2. The van der Waals surface area contributed by atoms with Crippen molar-refractivity contribution in [2.24, 2.45) is 5.92 Å². The molecule has 0 bridgehead atoms. The van der Waals surface area contributed by atoms with E-state index in [0.29, 0.717) is 12.5 Å². The molecule has 0 aliphatic rings. The maximum absolute atomic E-state index is 13.4. The van der Waals surface area contributed by atoms with Crippen LogP contribution in [0.2, 0.25) is 0 Å². The molecule has 0 fully saturated rings. The summed E-state index contributed by atoms with van der Waals surface area (Å²) in [5.74, 6) is -0.514. The van der Waals surface area contributed by atoms with Crippen LogP contribution in [-0.2, 0) is 0 Å². The third-order valence-electron chi connectivity index (χ3n) is 2.53. The Morgan fingerprint density at radius 1 is 1.41 bits per heavy atom. The molecule has 94 valence electrons. The molecule has 0 spiro atoms. The summed E-state index contributed by atoms with van der Waals surface area (Å²) >= 11 is 0. The van der Waals surface area contributed by atoms with Crippen molar-refractivity contribution in [1.29, 1.82) is 0 Å². The number of carbonyl (C=O) groups excluding carboxylic acids is 1. The summed E-state index contributed by atoms with van der Waals surface area (Å²) in [5.41, 5.74) is 0.987. The van der Waals surface area contributed by atoms with Gasteiger partial charge in [0, 0.05) is 6.54 Å². The normalized spacial score (nSPS) is 12.2. The lowest BCUT2D eigenvalue weighted by molar-refractivity contribution is 0.0944. The Morgan fingerprint density at radius 3 is 2.76 bits per heavy atom. The monoisotopic (exact) mass is 238 g/mol. The van der Waals surface area contributed by atoms with Gasteiger partial charge in [-0.25, -0.2) is 4.39 Å². The second-order valence-electron chi connectivity index (χ2n) is 4.36. The first-order chi connectivity index (χ1) is 8.04. The Bertz CT molecular complexity index is 393. The quantitative estimate of drug-likeness (QED) is 0.820. The van der Waals surface area contributed by atoms with Gasteiger partial charge in [-0.1, -0.05) is 18.6 Å². The molecule has 3 nitrogen and oxygen atoms in total. The molecule has 1 atom stereocenters. The fourth-order valence-corrected chi connectivity index (χ4v) is 1.60. The van der Waals surface area contributed by atoms with Crippen LogP contribution in [0.3, 0.4) is 0 Å². The summed E-state index contributed by atoms with van der Waals surface area (Å²) in [4.78, 5) is 11.8. The summed E-state index contributed by atoms with van der Waals surface area (Å²) < 4.78 is 13.4. The fourth-order valence-electron chi connectivity index (χ4n) is 1.60. The van der Waals surface area contributed by atoms with Crippen molar-refractivity contribution in [1.82, 2.24) is 10.6 Å². The fraction of sp³-hybridized carbons (Fsp3) is 0.462. The first kappa shape index (κ1) is 13.6. The average Bonchev–Trinajstić information content (AvgIpc) is 2.29. The van der Waals surface area contributed by atoms with Crippen LogP contribution in [0.15, 0.2) is 18.2 Å². The molecule has 17 heavy (non-hydrogen) atoms. The van der Waals surface area contributed by atoms with Crippen LogP contribution in [-0.4, -0.2) is 26.0 Å². The molecule has 1 aromatic rings. The van der Waals surface area contributed by atoms with E-state index >= 15 is 0 Å². The summed E-state index contributed by atoms with van der Waals surface area (Å²) in [6.45, 7) is 5.20. The molecule has 0 heterocycles. The number of nitrogens with one attached hydrogen (secondary N) is 2. The third-order valence-corrected chi connectivity index (χ3v) is 2.53. The van der Waals surface area contributed by atoms with Crippen molar-refractivity contribution >= 4 is 5.91 Å². The Hall–Kier alpha value is -1.42. The standard InChI is InChI=1S/C13H19FN2O/c1-9-4-5-12(14)11(6-9)13(17)16-8-10(2)7-15-3/h4-6,10,15H,7-8H2,1-3H3,(H,16,17). The molecule has 1 aromatic carbocycles. The van der Waals surface area contributed by atoms with Gasteiger partial charge in [-0.05, 0) is 38.6 Å². The number of benzene rings is 1. The van der Waals surface area contributed by atoms with Gasteiger partial charge in [-0.3, -0.25) is 4.79 Å². The predicted octanol–water partition coefficient (Wildman–Crippen LogP) is 1.72. The average molecular weight is 238 g/mol. The Morgan fingerprint density at radius 2 is 2.12 bits per heavy atom.